The molecule has 0 bridgehead atoms. The van der Waals surface area contributed by atoms with E-state index in [9.17, 15) is 4.79 Å². The second-order valence-electron chi connectivity index (χ2n) is 3.07. The van der Waals surface area contributed by atoms with Crippen molar-refractivity contribution in [2.24, 2.45) is 11.7 Å². The molecule has 1 atom stereocenters. The highest BCUT2D eigenvalue weighted by atomic mass is 35.5. The van der Waals surface area contributed by atoms with Gasteiger partial charge in [0.15, 0.2) is 0 Å². The van der Waals surface area contributed by atoms with Crippen molar-refractivity contribution >= 4 is 17.5 Å². The Morgan fingerprint density at radius 3 is 2.93 bits per heavy atom. The van der Waals surface area contributed by atoms with Gasteiger partial charge in [0.05, 0.1) is 12.5 Å². The summed E-state index contributed by atoms with van der Waals surface area (Å²) in [5.41, 5.74) is 5.09. The number of primary amides is 1. The number of ether oxygens (including phenoxy) is 1. The van der Waals surface area contributed by atoms with Crippen LogP contribution in [-0.2, 0) is 4.79 Å². The Balaban J connectivity index is 2.49. The van der Waals surface area contributed by atoms with E-state index < -0.39 is 0 Å². The molecule has 0 radical (unpaired) electrons. The molecule has 1 unspecified atom stereocenters. The van der Waals surface area contributed by atoms with E-state index in [4.69, 9.17) is 22.1 Å². The number of carbonyl (C=O) groups is 1. The SMILES string of the molecule is CC(COc1cccc(Cl)c1)C(N)=O. The van der Waals surface area contributed by atoms with Gasteiger partial charge in [-0.05, 0) is 18.2 Å². The molecule has 0 saturated heterocycles. The van der Waals surface area contributed by atoms with E-state index in [0.717, 1.165) is 0 Å². The summed E-state index contributed by atoms with van der Waals surface area (Å²) >= 11 is 5.75. The van der Waals surface area contributed by atoms with Crippen LogP contribution in [0.25, 0.3) is 0 Å². The highest BCUT2D eigenvalue weighted by Crippen LogP contribution is 2.17. The van der Waals surface area contributed by atoms with Gasteiger partial charge in [-0.2, -0.15) is 0 Å². The minimum absolute atomic E-state index is 0.273. The number of hydrogen-bond donors (Lipinski definition) is 1. The summed E-state index contributed by atoms with van der Waals surface area (Å²) in [6, 6.07) is 7.01. The quantitative estimate of drug-likeness (QED) is 0.830. The molecule has 1 aromatic carbocycles. The number of halogens is 1. The molecule has 0 aliphatic heterocycles. The molecule has 4 heteroatoms. The Morgan fingerprint density at radius 2 is 2.36 bits per heavy atom. The van der Waals surface area contributed by atoms with Crippen LogP contribution in [0.3, 0.4) is 0 Å². The van der Waals surface area contributed by atoms with Gasteiger partial charge in [-0.15, -0.1) is 0 Å². The lowest BCUT2D eigenvalue weighted by Crippen LogP contribution is -2.25. The Kier molecular flexibility index (Phi) is 3.77. The van der Waals surface area contributed by atoms with Crippen LogP contribution in [0.4, 0.5) is 0 Å². The van der Waals surface area contributed by atoms with E-state index in [-0.39, 0.29) is 18.4 Å². The molecule has 2 N–H and O–H groups in total. The van der Waals surface area contributed by atoms with Crippen LogP contribution < -0.4 is 10.5 Å². The van der Waals surface area contributed by atoms with Crippen LogP contribution in [0.15, 0.2) is 24.3 Å². The maximum atomic E-state index is 10.7. The summed E-state index contributed by atoms with van der Waals surface area (Å²) < 4.78 is 5.32. The van der Waals surface area contributed by atoms with Crippen molar-refractivity contribution in [2.45, 2.75) is 6.92 Å². The predicted molar refractivity (Wildman–Crippen MR) is 55.3 cm³/mol. The number of rotatable bonds is 4. The molecular formula is C10H12ClNO2. The molecule has 1 amide bonds. The maximum Gasteiger partial charge on any atom is 0.223 e. The van der Waals surface area contributed by atoms with Gasteiger partial charge in [0.25, 0.3) is 0 Å². The van der Waals surface area contributed by atoms with Crippen LogP contribution in [-0.4, -0.2) is 12.5 Å². The first-order chi connectivity index (χ1) is 6.59. The number of amides is 1. The summed E-state index contributed by atoms with van der Waals surface area (Å²) in [5.74, 6) is -0.0217. The molecule has 0 aliphatic carbocycles. The van der Waals surface area contributed by atoms with E-state index in [1.54, 1.807) is 31.2 Å². The molecule has 0 aliphatic rings. The molecule has 76 valence electrons. The van der Waals surface area contributed by atoms with Crippen LogP contribution in [0.1, 0.15) is 6.92 Å². The predicted octanol–water partition coefficient (Wildman–Crippen LogP) is 1.84. The molecule has 0 saturated carbocycles. The summed E-state index contributed by atoms with van der Waals surface area (Å²) in [5, 5.41) is 0.606. The van der Waals surface area contributed by atoms with Gasteiger partial charge < -0.3 is 10.5 Å². The van der Waals surface area contributed by atoms with E-state index in [2.05, 4.69) is 0 Å². The molecule has 3 nitrogen and oxygen atoms in total. The lowest BCUT2D eigenvalue weighted by molar-refractivity contribution is -0.122. The summed E-state index contributed by atoms with van der Waals surface area (Å²) in [7, 11) is 0. The summed E-state index contributed by atoms with van der Waals surface area (Å²) in [6.45, 7) is 1.99. The fourth-order valence-corrected chi connectivity index (χ4v) is 1.04. The topological polar surface area (TPSA) is 52.3 Å². The average Bonchev–Trinajstić information content (AvgIpc) is 2.14. The highest BCUT2D eigenvalue weighted by Gasteiger charge is 2.08. The molecule has 0 heterocycles. The molecular weight excluding hydrogens is 202 g/mol. The highest BCUT2D eigenvalue weighted by molar-refractivity contribution is 6.30. The van der Waals surface area contributed by atoms with Gasteiger partial charge in [0.2, 0.25) is 5.91 Å². The Morgan fingerprint density at radius 1 is 1.64 bits per heavy atom. The van der Waals surface area contributed by atoms with E-state index in [1.165, 1.54) is 0 Å². The zero-order chi connectivity index (χ0) is 10.6. The Bertz CT molecular complexity index is 328. The van der Waals surface area contributed by atoms with Crippen molar-refractivity contribution in [1.29, 1.82) is 0 Å². The first-order valence-electron chi connectivity index (χ1n) is 4.27. The summed E-state index contributed by atoms with van der Waals surface area (Å²) in [4.78, 5) is 10.7. The van der Waals surface area contributed by atoms with Gasteiger partial charge in [0, 0.05) is 5.02 Å². The van der Waals surface area contributed by atoms with Gasteiger partial charge in [-0.1, -0.05) is 24.6 Å². The lowest BCUT2D eigenvalue weighted by Gasteiger charge is -2.09. The molecule has 1 aromatic rings. The van der Waals surface area contributed by atoms with Gasteiger partial charge in [0.1, 0.15) is 5.75 Å². The Labute approximate surface area is 87.8 Å². The molecule has 14 heavy (non-hydrogen) atoms. The number of hydrogen-bond acceptors (Lipinski definition) is 2. The van der Waals surface area contributed by atoms with Crippen LogP contribution in [0.5, 0.6) is 5.75 Å². The molecule has 0 aromatic heterocycles. The maximum absolute atomic E-state index is 10.7. The average molecular weight is 214 g/mol. The molecule has 0 spiro atoms. The first-order valence-corrected chi connectivity index (χ1v) is 4.65. The minimum atomic E-state index is -0.368. The Hall–Kier alpha value is -1.22. The second-order valence-corrected chi connectivity index (χ2v) is 3.51. The summed E-state index contributed by atoms with van der Waals surface area (Å²) in [6.07, 6.45) is 0. The smallest absolute Gasteiger partial charge is 0.223 e. The fraction of sp³-hybridized carbons (Fsp3) is 0.300. The van der Waals surface area contributed by atoms with Gasteiger partial charge >= 0.3 is 0 Å². The first kappa shape index (κ1) is 10.9. The van der Waals surface area contributed by atoms with E-state index in [1.807, 2.05) is 0 Å². The third-order valence-corrected chi connectivity index (χ3v) is 2.02. The van der Waals surface area contributed by atoms with Crippen LogP contribution in [0, 0.1) is 5.92 Å². The van der Waals surface area contributed by atoms with Gasteiger partial charge in [-0.25, -0.2) is 0 Å². The minimum Gasteiger partial charge on any atom is -0.493 e. The van der Waals surface area contributed by atoms with Crippen molar-refractivity contribution in [3.63, 3.8) is 0 Å². The second kappa shape index (κ2) is 4.86. The third kappa shape index (κ3) is 3.26. The zero-order valence-electron chi connectivity index (χ0n) is 7.87. The van der Waals surface area contributed by atoms with Crippen LogP contribution >= 0.6 is 11.6 Å². The van der Waals surface area contributed by atoms with E-state index >= 15 is 0 Å². The third-order valence-electron chi connectivity index (χ3n) is 1.78. The van der Waals surface area contributed by atoms with Crippen LogP contribution in [0.2, 0.25) is 5.02 Å². The van der Waals surface area contributed by atoms with E-state index in [0.29, 0.717) is 10.8 Å². The number of carbonyl (C=O) groups excluding carboxylic acids is 1. The largest absolute Gasteiger partial charge is 0.493 e. The molecule has 1 rings (SSSR count). The number of benzene rings is 1. The fourth-order valence-electron chi connectivity index (χ4n) is 0.860. The van der Waals surface area contributed by atoms with Crippen molar-refractivity contribution < 1.29 is 9.53 Å². The van der Waals surface area contributed by atoms with Crippen molar-refractivity contribution in [2.75, 3.05) is 6.61 Å². The van der Waals surface area contributed by atoms with Crippen molar-refractivity contribution in [3.05, 3.63) is 29.3 Å². The standard InChI is InChI=1S/C10H12ClNO2/c1-7(10(12)13)6-14-9-4-2-3-8(11)5-9/h2-5,7H,6H2,1H3,(H2,12,13). The normalized spacial score (nSPS) is 12.1. The monoisotopic (exact) mass is 213 g/mol. The van der Waals surface area contributed by atoms with Crippen molar-refractivity contribution in [1.82, 2.24) is 0 Å². The molecule has 0 fully saturated rings. The number of nitrogens with two attached hydrogens (primary N) is 1. The lowest BCUT2D eigenvalue weighted by atomic mass is 10.2. The van der Waals surface area contributed by atoms with Crippen molar-refractivity contribution in [3.8, 4) is 5.75 Å². The van der Waals surface area contributed by atoms with Gasteiger partial charge in [-0.3, -0.25) is 4.79 Å². The zero-order valence-corrected chi connectivity index (χ0v) is 8.62.